The number of carbonyl (C=O) groups excluding carboxylic acids is 1. The van der Waals surface area contributed by atoms with E-state index < -0.39 is 17.0 Å². The van der Waals surface area contributed by atoms with Crippen molar-refractivity contribution in [3.05, 3.63) is 64.7 Å². The highest BCUT2D eigenvalue weighted by molar-refractivity contribution is 6.01. The topological polar surface area (TPSA) is 68.1 Å². The molecule has 0 spiro atoms. The van der Waals surface area contributed by atoms with E-state index in [0.717, 1.165) is 0 Å². The fourth-order valence-electron chi connectivity index (χ4n) is 3.98. The normalized spacial score (nSPS) is 20.2. The molecule has 1 atom stereocenters. The minimum absolute atomic E-state index is 0.100. The fraction of sp³-hybridized carbons (Fsp3) is 0.200. The summed E-state index contributed by atoms with van der Waals surface area (Å²) in [6.07, 6.45) is 0.820. The van der Waals surface area contributed by atoms with E-state index >= 15 is 0 Å². The van der Waals surface area contributed by atoms with Gasteiger partial charge in [-0.2, -0.15) is 10.1 Å². The molecule has 3 heterocycles. The third-order valence-corrected chi connectivity index (χ3v) is 5.30. The summed E-state index contributed by atoms with van der Waals surface area (Å²) in [5.41, 5.74) is 0.552. The number of halogens is 1. The first-order valence-corrected chi connectivity index (χ1v) is 8.69. The summed E-state index contributed by atoms with van der Waals surface area (Å²) < 4.78 is 15.5. The Hall–Kier alpha value is -3.35. The SMILES string of the molecule is C[C@@]12CCC(=O)N1c1cc(F)ccc1-c1nc(=O)c(-c3ccccc3)nn12. The van der Waals surface area contributed by atoms with Gasteiger partial charge in [-0.1, -0.05) is 30.3 Å². The summed E-state index contributed by atoms with van der Waals surface area (Å²) in [5.74, 6) is -0.194. The smallest absolute Gasteiger partial charge is 0.286 e. The highest BCUT2D eigenvalue weighted by Gasteiger charge is 2.50. The van der Waals surface area contributed by atoms with Gasteiger partial charge in [0.25, 0.3) is 5.56 Å². The van der Waals surface area contributed by atoms with Crippen LogP contribution in [0.4, 0.5) is 10.1 Å². The van der Waals surface area contributed by atoms with E-state index in [9.17, 15) is 14.0 Å². The Labute approximate surface area is 153 Å². The van der Waals surface area contributed by atoms with Gasteiger partial charge >= 0.3 is 0 Å². The Morgan fingerprint density at radius 2 is 1.89 bits per heavy atom. The zero-order valence-corrected chi connectivity index (χ0v) is 14.5. The molecule has 1 aromatic heterocycles. The summed E-state index contributed by atoms with van der Waals surface area (Å²) in [6, 6.07) is 13.3. The minimum Gasteiger partial charge on any atom is -0.286 e. The summed E-state index contributed by atoms with van der Waals surface area (Å²) in [4.78, 5) is 31.1. The molecule has 5 rings (SSSR count). The van der Waals surface area contributed by atoms with Crippen molar-refractivity contribution in [3.8, 4) is 22.6 Å². The lowest BCUT2D eigenvalue weighted by Crippen LogP contribution is -2.51. The second-order valence-electron chi connectivity index (χ2n) is 6.97. The lowest BCUT2D eigenvalue weighted by molar-refractivity contribution is -0.117. The van der Waals surface area contributed by atoms with Crippen LogP contribution in [0.3, 0.4) is 0 Å². The molecule has 7 heteroatoms. The third kappa shape index (κ3) is 2.11. The first kappa shape index (κ1) is 15.9. The van der Waals surface area contributed by atoms with Crippen molar-refractivity contribution in [1.82, 2.24) is 14.8 Å². The summed E-state index contributed by atoms with van der Waals surface area (Å²) in [6.45, 7) is 1.86. The first-order chi connectivity index (χ1) is 13.0. The van der Waals surface area contributed by atoms with Crippen LogP contribution in [-0.4, -0.2) is 20.7 Å². The highest BCUT2D eigenvalue weighted by atomic mass is 19.1. The van der Waals surface area contributed by atoms with Gasteiger partial charge in [0.1, 0.15) is 11.5 Å². The number of nitrogens with zero attached hydrogens (tertiary/aromatic N) is 4. The Morgan fingerprint density at radius 1 is 1.11 bits per heavy atom. The summed E-state index contributed by atoms with van der Waals surface area (Å²) in [7, 11) is 0. The van der Waals surface area contributed by atoms with E-state index in [1.807, 2.05) is 25.1 Å². The zero-order valence-electron chi connectivity index (χ0n) is 14.5. The van der Waals surface area contributed by atoms with Crippen LogP contribution in [0, 0.1) is 5.82 Å². The number of amides is 1. The molecule has 27 heavy (non-hydrogen) atoms. The molecular formula is C20H15FN4O2. The molecule has 1 fully saturated rings. The average Bonchev–Trinajstić information content (AvgIpc) is 2.98. The zero-order chi connectivity index (χ0) is 18.8. The van der Waals surface area contributed by atoms with E-state index in [4.69, 9.17) is 0 Å². The maximum absolute atomic E-state index is 13.9. The monoisotopic (exact) mass is 362 g/mol. The van der Waals surface area contributed by atoms with Crippen molar-refractivity contribution in [2.24, 2.45) is 0 Å². The number of carbonyl (C=O) groups is 1. The van der Waals surface area contributed by atoms with E-state index in [1.165, 1.54) is 18.2 Å². The third-order valence-electron chi connectivity index (χ3n) is 5.30. The largest absolute Gasteiger partial charge is 0.300 e. The van der Waals surface area contributed by atoms with Gasteiger partial charge in [0.05, 0.1) is 5.69 Å². The molecule has 1 amide bonds. The second-order valence-corrected chi connectivity index (χ2v) is 6.97. The molecule has 0 N–H and O–H groups in total. The van der Waals surface area contributed by atoms with Crippen LogP contribution in [-0.2, 0) is 10.5 Å². The van der Waals surface area contributed by atoms with E-state index in [1.54, 1.807) is 21.7 Å². The van der Waals surface area contributed by atoms with Gasteiger partial charge < -0.3 is 0 Å². The van der Waals surface area contributed by atoms with Crippen LogP contribution in [0.2, 0.25) is 0 Å². The number of fused-ring (bicyclic) bond motifs is 6. The summed E-state index contributed by atoms with van der Waals surface area (Å²) >= 11 is 0. The van der Waals surface area contributed by atoms with Crippen LogP contribution in [0.15, 0.2) is 53.3 Å². The number of benzene rings is 2. The molecule has 0 bridgehead atoms. The molecule has 2 aliphatic rings. The standard InChI is InChI=1S/C20H15FN4O2/c1-20-10-9-16(26)24(20)15-11-13(21)7-8-14(15)18-22-19(27)17(23-25(18)20)12-5-3-2-4-6-12/h2-8,11H,9-10H2,1H3/t20-/m1/s1. The van der Waals surface area contributed by atoms with Gasteiger partial charge in [0, 0.05) is 24.0 Å². The minimum atomic E-state index is -0.836. The Morgan fingerprint density at radius 3 is 2.67 bits per heavy atom. The summed E-state index contributed by atoms with van der Waals surface area (Å²) in [5, 5.41) is 4.61. The molecule has 2 aromatic carbocycles. The highest BCUT2D eigenvalue weighted by Crippen LogP contribution is 2.47. The van der Waals surface area contributed by atoms with Gasteiger partial charge in [-0.05, 0) is 25.1 Å². The lowest BCUT2D eigenvalue weighted by atomic mass is 10.0. The molecule has 0 saturated carbocycles. The Kier molecular flexibility index (Phi) is 3.13. The maximum Gasteiger partial charge on any atom is 0.300 e. The van der Waals surface area contributed by atoms with Crippen molar-refractivity contribution in [3.63, 3.8) is 0 Å². The fourth-order valence-corrected chi connectivity index (χ4v) is 3.98. The quantitative estimate of drug-likeness (QED) is 0.668. The van der Waals surface area contributed by atoms with Crippen molar-refractivity contribution < 1.29 is 9.18 Å². The van der Waals surface area contributed by atoms with Crippen molar-refractivity contribution >= 4 is 11.6 Å². The van der Waals surface area contributed by atoms with E-state index in [0.29, 0.717) is 35.5 Å². The van der Waals surface area contributed by atoms with E-state index in [2.05, 4.69) is 10.1 Å². The molecule has 6 nitrogen and oxygen atoms in total. The number of hydrogen-bond donors (Lipinski definition) is 0. The molecule has 0 radical (unpaired) electrons. The Balaban J connectivity index is 1.85. The predicted molar refractivity (Wildman–Crippen MR) is 97.5 cm³/mol. The van der Waals surface area contributed by atoms with Crippen molar-refractivity contribution in [1.29, 1.82) is 0 Å². The number of rotatable bonds is 1. The van der Waals surface area contributed by atoms with Gasteiger partial charge in [0.15, 0.2) is 11.5 Å². The van der Waals surface area contributed by atoms with Crippen molar-refractivity contribution in [2.45, 2.75) is 25.4 Å². The molecule has 3 aromatic rings. The lowest BCUT2D eigenvalue weighted by Gasteiger charge is -2.42. The maximum atomic E-state index is 13.9. The molecule has 2 aliphatic heterocycles. The second kappa shape index (κ2) is 5.33. The van der Waals surface area contributed by atoms with Gasteiger partial charge in [-0.15, -0.1) is 0 Å². The van der Waals surface area contributed by atoms with Crippen LogP contribution < -0.4 is 10.5 Å². The number of anilines is 1. The Bertz CT molecular complexity index is 1160. The molecule has 1 saturated heterocycles. The molecular weight excluding hydrogens is 347 g/mol. The van der Waals surface area contributed by atoms with Crippen molar-refractivity contribution in [2.75, 3.05) is 4.90 Å². The van der Waals surface area contributed by atoms with Crippen LogP contribution in [0.5, 0.6) is 0 Å². The van der Waals surface area contributed by atoms with Gasteiger partial charge in [0.2, 0.25) is 5.91 Å². The van der Waals surface area contributed by atoms with Crippen LogP contribution in [0.1, 0.15) is 19.8 Å². The number of hydrogen-bond acceptors (Lipinski definition) is 4. The number of aromatic nitrogens is 3. The molecule has 134 valence electrons. The van der Waals surface area contributed by atoms with E-state index in [-0.39, 0.29) is 11.6 Å². The van der Waals surface area contributed by atoms with Crippen LogP contribution >= 0.6 is 0 Å². The molecule has 0 aliphatic carbocycles. The predicted octanol–water partition coefficient (Wildman–Crippen LogP) is 2.92. The van der Waals surface area contributed by atoms with Crippen LogP contribution in [0.25, 0.3) is 22.6 Å². The average molecular weight is 362 g/mol. The van der Waals surface area contributed by atoms with Gasteiger partial charge in [-0.3, -0.25) is 14.5 Å². The first-order valence-electron chi connectivity index (χ1n) is 8.69. The van der Waals surface area contributed by atoms with Gasteiger partial charge in [-0.25, -0.2) is 9.07 Å². The molecule has 0 unspecified atom stereocenters.